The molecule has 0 amide bonds. The zero-order valence-electron chi connectivity index (χ0n) is 20.4. The number of aliphatic hydroxyl groups excluding tert-OH is 2. The first-order chi connectivity index (χ1) is 13.0. The van der Waals surface area contributed by atoms with E-state index >= 15 is 0 Å². The fourth-order valence-corrected chi connectivity index (χ4v) is 3.81. The minimum Gasteiger partial charge on any atom is -0.412 e. The van der Waals surface area contributed by atoms with Gasteiger partial charge in [0, 0.05) is 18.4 Å². The fourth-order valence-electron chi connectivity index (χ4n) is 3.81. The number of aliphatic hydroxyl groups is 2. The van der Waals surface area contributed by atoms with E-state index in [4.69, 9.17) is 14.2 Å². The van der Waals surface area contributed by atoms with Crippen LogP contribution < -0.4 is 0 Å². The average Bonchev–Trinajstić information content (AvgIpc) is 2.61. The van der Waals surface area contributed by atoms with Crippen LogP contribution in [-0.2, 0) is 14.2 Å². The lowest BCUT2D eigenvalue weighted by Gasteiger charge is -2.34. The van der Waals surface area contributed by atoms with Crippen LogP contribution in [0.3, 0.4) is 0 Å². The highest BCUT2D eigenvalue weighted by molar-refractivity contribution is 4.73. The SMILES string of the molecule is C.CC1C[C@@H](C)C(C)C(O)O1.CC1C[C@@H](C)C(C)CO1.CC1C[C@@H](O)C(C)CO1.O.O. The van der Waals surface area contributed by atoms with E-state index < -0.39 is 6.29 Å². The van der Waals surface area contributed by atoms with Crippen molar-refractivity contribution in [2.24, 2.45) is 29.6 Å². The summed E-state index contributed by atoms with van der Waals surface area (Å²) in [6, 6.07) is 0. The molecule has 7 heteroatoms. The molecule has 0 aliphatic carbocycles. The van der Waals surface area contributed by atoms with Crippen molar-refractivity contribution in [3.63, 3.8) is 0 Å². The summed E-state index contributed by atoms with van der Waals surface area (Å²) < 4.78 is 16.0. The van der Waals surface area contributed by atoms with E-state index in [9.17, 15) is 10.2 Å². The third-order valence-electron chi connectivity index (χ3n) is 6.62. The number of hydrogen-bond acceptors (Lipinski definition) is 5. The zero-order chi connectivity index (χ0) is 21.4. The van der Waals surface area contributed by atoms with Crippen LogP contribution in [0.5, 0.6) is 0 Å². The van der Waals surface area contributed by atoms with Gasteiger partial charge in [0.05, 0.1) is 31.0 Å². The van der Waals surface area contributed by atoms with Gasteiger partial charge >= 0.3 is 0 Å². The largest absolute Gasteiger partial charge is 0.412 e. The van der Waals surface area contributed by atoms with Gasteiger partial charge in [-0.05, 0) is 57.8 Å². The van der Waals surface area contributed by atoms with Crippen molar-refractivity contribution in [3.8, 4) is 0 Å². The molecule has 3 heterocycles. The monoisotopic (exact) mass is 454 g/mol. The highest BCUT2D eigenvalue weighted by Crippen LogP contribution is 2.28. The van der Waals surface area contributed by atoms with Gasteiger partial charge in [-0.3, -0.25) is 0 Å². The standard InChI is InChI=1S/C8H16O2.C8H16O.C7H14O2.CH4.2H2O/c1-5-4-6(2)10-8(9)7(5)3;1-6-4-8(3)9-5-7(6)2;1-5-4-9-6(2)3-7(5)8;;;/h5-9H,4H2,1-3H3;6-8H,4-5H2,1-3H3;5-8H,3-4H2,1-2H3;1H4;2*1H2/t5-,6?,7?,8?;6-,7?,8?;5?,6?,7-;;;/m111.../s1. The van der Waals surface area contributed by atoms with Gasteiger partial charge in [0.15, 0.2) is 6.29 Å². The lowest BCUT2D eigenvalue weighted by Crippen LogP contribution is -2.37. The van der Waals surface area contributed by atoms with Crippen LogP contribution in [0.4, 0.5) is 0 Å². The second-order valence-electron chi connectivity index (χ2n) is 9.67. The van der Waals surface area contributed by atoms with Crippen molar-refractivity contribution in [3.05, 3.63) is 0 Å². The summed E-state index contributed by atoms with van der Waals surface area (Å²) in [5.41, 5.74) is 0. The quantitative estimate of drug-likeness (QED) is 0.580. The van der Waals surface area contributed by atoms with Crippen molar-refractivity contribution in [1.82, 2.24) is 0 Å². The van der Waals surface area contributed by atoms with E-state index in [1.807, 2.05) is 27.7 Å². The van der Waals surface area contributed by atoms with Gasteiger partial charge in [0.25, 0.3) is 0 Å². The van der Waals surface area contributed by atoms with E-state index in [0.717, 1.165) is 31.3 Å². The van der Waals surface area contributed by atoms with Gasteiger partial charge in [-0.15, -0.1) is 0 Å². The molecule has 3 aliphatic rings. The molecule has 3 rings (SSSR count). The molecule has 0 aromatic carbocycles. The Hall–Kier alpha value is -0.280. The zero-order valence-corrected chi connectivity index (χ0v) is 20.4. The maximum absolute atomic E-state index is 9.30. The third kappa shape index (κ3) is 13.1. The highest BCUT2D eigenvalue weighted by atomic mass is 16.6. The van der Waals surface area contributed by atoms with Crippen molar-refractivity contribution in [2.75, 3.05) is 13.2 Å². The van der Waals surface area contributed by atoms with Crippen LogP contribution in [0.2, 0.25) is 0 Å². The Bertz CT molecular complexity index is 387. The van der Waals surface area contributed by atoms with E-state index in [0.29, 0.717) is 24.5 Å². The molecule has 10 atom stereocenters. The van der Waals surface area contributed by atoms with E-state index in [1.54, 1.807) is 0 Å². The number of rotatable bonds is 0. The van der Waals surface area contributed by atoms with Gasteiger partial charge in [-0.2, -0.15) is 0 Å². The Morgan fingerprint density at radius 1 is 0.581 bits per heavy atom. The van der Waals surface area contributed by atoms with E-state index in [2.05, 4.69) is 27.7 Å². The first-order valence-electron chi connectivity index (χ1n) is 11.3. The molecule has 6 N–H and O–H groups in total. The van der Waals surface area contributed by atoms with Crippen LogP contribution in [0.25, 0.3) is 0 Å². The Balaban J connectivity index is -0.000000362. The van der Waals surface area contributed by atoms with Crippen molar-refractivity contribution in [1.29, 1.82) is 0 Å². The Kier molecular flexibility index (Phi) is 19.6. The minimum atomic E-state index is -0.543. The molecule has 0 aromatic heterocycles. The Morgan fingerprint density at radius 2 is 1.03 bits per heavy atom. The lowest BCUT2D eigenvalue weighted by atomic mass is 9.88. The minimum absolute atomic E-state index is 0. The second kappa shape index (κ2) is 17.2. The normalized spacial score (nSPS) is 42.0. The summed E-state index contributed by atoms with van der Waals surface area (Å²) in [6.07, 6.45) is 3.38. The molecule has 7 unspecified atom stereocenters. The van der Waals surface area contributed by atoms with Crippen molar-refractivity contribution in [2.45, 2.75) is 113 Å². The molecule has 0 radical (unpaired) electrons. The summed E-state index contributed by atoms with van der Waals surface area (Å²) in [6.45, 7) is 18.6. The fraction of sp³-hybridized carbons (Fsp3) is 1.00. The lowest BCUT2D eigenvalue weighted by molar-refractivity contribution is -0.199. The smallest absolute Gasteiger partial charge is 0.157 e. The van der Waals surface area contributed by atoms with Crippen LogP contribution in [0.1, 0.15) is 82.1 Å². The summed E-state index contributed by atoms with van der Waals surface area (Å²) in [4.78, 5) is 0. The Morgan fingerprint density at radius 3 is 1.42 bits per heavy atom. The van der Waals surface area contributed by atoms with Gasteiger partial charge in [-0.25, -0.2) is 0 Å². The highest BCUT2D eigenvalue weighted by Gasteiger charge is 2.29. The molecule has 192 valence electrons. The second-order valence-corrected chi connectivity index (χ2v) is 9.67. The van der Waals surface area contributed by atoms with Crippen LogP contribution in [-0.4, -0.2) is 65.1 Å². The molecule has 3 aliphatic heterocycles. The third-order valence-corrected chi connectivity index (χ3v) is 6.62. The predicted molar refractivity (Wildman–Crippen MR) is 127 cm³/mol. The summed E-state index contributed by atoms with van der Waals surface area (Å²) in [7, 11) is 0. The molecule has 3 fully saturated rings. The maximum atomic E-state index is 9.30. The molecule has 7 nitrogen and oxygen atoms in total. The summed E-state index contributed by atoms with van der Waals surface area (Å²) in [5, 5.41) is 18.6. The van der Waals surface area contributed by atoms with Crippen LogP contribution in [0.15, 0.2) is 0 Å². The molecule has 0 saturated carbocycles. The van der Waals surface area contributed by atoms with Crippen LogP contribution >= 0.6 is 0 Å². The molecule has 0 bridgehead atoms. The van der Waals surface area contributed by atoms with Gasteiger partial charge in [0.2, 0.25) is 0 Å². The molecule has 31 heavy (non-hydrogen) atoms. The van der Waals surface area contributed by atoms with Gasteiger partial charge in [-0.1, -0.05) is 42.0 Å². The molecule has 0 aromatic rings. The average molecular weight is 455 g/mol. The first kappa shape index (κ1) is 35.3. The van der Waals surface area contributed by atoms with Gasteiger partial charge in [0.1, 0.15) is 0 Å². The topological polar surface area (TPSA) is 131 Å². The summed E-state index contributed by atoms with van der Waals surface area (Å²) in [5.74, 6) is 2.81. The molecular formula is C24H54O7. The predicted octanol–water partition coefficient (Wildman–Crippen LogP) is 3.23. The first-order valence-corrected chi connectivity index (χ1v) is 11.3. The number of hydrogen-bond donors (Lipinski definition) is 2. The molecular weight excluding hydrogens is 400 g/mol. The Labute approximate surface area is 191 Å². The summed E-state index contributed by atoms with van der Waals surface area (Å²) >= 11 is 0. The molecule has 0 spiro atoms. The van der Waals surface area contributed by atoms with Crippen molar-refractivity contribution >= 4 is 0 Å². The van der Waals surface area contributed by atoms with Gasteiger partial charge < -0.3 is 35.4 Å². The molecule has 3 saturated heterocycles. The van der Waals surface area contributed by atoms with E-state index in [1.165, 1.54) is 6.42 Å². The maximum Gasteiger partial charge on any atom is 0.157 e. The van der Waals surface area contributed by atoms with Crippen molar-refractivity contribution < 1.29 is 35.4 Å². The number of ether oxygens (including phenoxy) is 3. The van der Waals surface area contributed by atoms with Crippen LogP contribution in [0, 0.1) is 29.6 Å². The van der Waals surface area contributed by atoms with E-state index in [-0.39, 0.29) is 42.6 Å².